The summed E-state index contributed by atoms with van der Waals surface area (Å²) in [6.45, 7) is 10.4. The lowest BCUT2D eigenvalue weighted by atomic mass is 9.82. The first-order valence-corrected chi connectivity index (χ1v) is 7.83. The van der Waals surface area contributed by atoms with E-state index in [9.17, 15) is 9.59 Å². The van der Waals surface area contributed by atoms with E-state index in [1.54, 1.807) is 18.2 Å². The van der Waals surface area contributed by atoms with Crippen molar-refractivity contribution in [1.82, 2.24) is 14.9 Å². The fraction of sp³-hybridized carbons (Fsp3) is 0.500. The molecule has 0 saturated carbocycles. The Morgan fingerprint density at radius 3 is 2.48 bits per heavy atom. The van der Waals surface area contributed by atoms with Gasteiger partial charge in [0.2, 0.25) is 5.91 Å². The number of aromatic nitrogens is 2. The summed E-state index contributed by atoms with van der Waals surface area (Å²) in [5.41, 5.74) is 0.225. The van der Waals surface area contributed by atoms with Crippen LogP contribution in [0.1, 0.15) is 41.0 Å². The number of benzene rings is 1. The van der Waals surface area contributed by atoms with Crippen molar-refractivity contribution in [2.24, 2.45) is 5.41 Å². The summed E-state index contributed by atoms with van der Waals surface area (Å²) in [4.78, 5) is 28.9. The van der Waals surface area contributed by atoms with E-state index in [0.717, 1.165) is 6.42 Å². The number of hydrogen-bond donors (Lipinski definition) is 1. The maximum absolute atomic E-state index is 12.4. The fourth-order valence-electron chi connectivity index (χ4n) is 3.16. The van der Waals surface area contributed by atoms with Crippen LogP contribution in [0.2, 0.25) is 0 Å². The van der Waals surface area contributed by atoms with E-state index in [2.05, 4.69) is 31.1 Å². The molecular weight excluding hydrogens is 290 g/mol. The Labute approximate surface area is 136 Å². The lowest BCUT2D eigenvalue weighted by molar-refractivity contribution is -0.123. The van der Waals surface area contributed by atoms with Gasteiger partial charge in [0.05, 0.1) is 17.2 Å². The van der Waals surface area contributed by atoms with Crippen LogP contribution in [0.3, 0.4) is 0 Å². The average Bonchev–Trinajstić information content (AvgIpc) is 2.38. The highest BCUT2D eigenvalue weighted by atomic mass is 16.2. The number of hydrogen-bond acceptors (Lipinski definition) is 3. The zero-order valence-electron chi connectivity index (χ0n) is 14.5. The van der Waals surface area contributed by atoms with Crippen molar-refractivity contribution in [3.8, 4) is 0 Å². The van der Waals surface area contributed by atoms with E-state index in [0.29, 0.717) is 10.9 Å². The number of fused-ring (bicyclic) bond motifs is 1. The smallest absolute Gasteiger partial charge is 0.261 e. The Morgan fingerprint density at radius 2 is 1.83 bits per heavy atom. The van der Waals surface area contributed by atoms with Gasteiger partial charge in [0.1, 0.15) is 6.54 Å². The molecule has 1 aromatic heterocycles. The average molecular weight is 315 g/mol. The molecule has 2 aromatic rings. The molecule has 2 rings (SSSR count). The molecule has 1 N–H and O–H groups in total. The molecular formula is C18H25N3O2. The topological polar surface area (TPSA) is 64.0 Å². The van der Waals surface area contributed by atoms with Crippen molar-refractivity contribution in [3.63, 3.8) is 0 Å². The third kappa shape index (κ3) is 4.65. The molecule has 1 amide bonds. The highest BCUT2D eigenvalue weighted by Crippen LogP contribution is 2.26. The second kappa shape index (κ2) is 6.14. The van der Waals surface area contributed by atoms with Gasteiger partial charge in [-0.2, -0.15) is 0 Å². The summed E-state index contributed by atoms with van der Waals surface area (Å²) in [7, 11) is 0. The minimum atomic E-state index is -0.330. The molecule has 0 radical (unpaired) electrons. The van der Waals surface area contributed by atoms with Gasteiger partial charge in [-0.1, -0.05) is 32.9 Å². The van der Waals surface area contributed by atoms with Gasteiger partial charge in [-0.15, -0.1) is 0 Å². The molecule has 0 spiro atoms. The van der Waals surface area contributed by atoms with Crippen molar-refractivity contribution in [2.75, 3.05) is 0 Å². The van der Waals surface area contributed by atoms with Crippen molar-refractivity contribution >= 4 is 16.8 Å². The normalized spacial score (nSPS) is 12.4. The van der Waals surface area contributed by atoms with Gasteiger partial charge in [0, 0.05) is 5.54 Å². The summed E-state index contributed by atoms with van der Waals surface area (Å²) in [5, 5.41) is 3.53. The number of carbonyl (C=O) groups is 1. The molecule has 0 unspecified atom stereocenters. The van der Waals surface area contributed by atoms with Crippen LogP contribution in [0.5, 0.6) is 0 Å². The first-order valence-electron chi connectivity index (χ1n) is 7.83. The van der Waals surface area contributed by atoms with Crippen LogP contribution in [0, 0.1) is 5.41 Å². The highest BCUT2D eigenvalue weighted by molar-refractivity contribution is 5.79. The molecule has 23 heavy (non-hydrogen) atoms. The predicted molar refractivity (Wildman–Crippen MR) is 92.3 cm³/mol. The van der Waals surface area contributed by atoms with Crippen LogP contribution in [-0.4, -0.2) is 21.0 Å². The minimum absolute atomic E-state index is 0.0236. The van der Waals surface area contributed by atoms with Crippen LogP contribution in [0.25, 0.3) is 10.9 Å². The largest absolute Gasteiger partial charge is 0.350 e. The van der Waals surface area contributed by atoms with Crippen LogP contribution in [0.15, 0.2) is 35.4 Å². The van der Waals surface area contributed by atoms with Gasteiger partial charge >= 0.3 is 0 Å². The van der Waals surface area contributed by atoms with Crippen LogP contribution in [0.4, 0.5) is 0 Å². The second-order valence-corrected chi connectivity index (χ2v) is 7.86. The van der Waals surface area contributed by atoms with Gasteiger partial charge in [-0.25, -0.2) is 4.98 Å². The molecule has 0 fully saturated rings. The third-order valence-corrected chi connectivity index (χ3v) is 3.50. The maximum atomic E-state index is 12.4. The van der Waals surface area contributed by atoms with Gasteiger partial charge in [0.25, 0.3) is 5.56 Å². The lowest BCUT2D eigenvalue weighted by Crippen LogP contribution is -2.47. The molecule has 5 heteroatoms. The summed E-state index contributed by atoms with van der Waals surface area (Å²) in [6.07, 6.45) is 2.28. The first-order chi connectivity index (χ1) is 10.6. The first kappa shape index (κ1) is 17.2. The third-order valence-electron chi connectivity index (χ3n) is 3.50. The quantitative estimate of drug-likeness (QED) is 0.943. The lowest BCUT2D eigenvalue weighted by Gasteiger charge is -2.33. The predicted octanol–water partition coefficient (Wildman–Crippen LogP) is 2.73. The maximum Gasteiger partial charge on any atom is 0.261 e. The molecule has 0 atom stereocenters. The van der Waals surface area contributed by atoms with Crippen molar-refractivity contribution < 1.29 is 4.79 Å². The summed E-state index contributed by atoms with van der Waals surface area (Å²) in [6, 6.07) is 7.14. The summed E-state index contributed by atoms with van der Waals surface area (Å²) in [5.74, 6) is -0.182. The summed E-state index contributed by atoms with van der Waals surface area (Å²) >= 11 is 0. The van der Waals surface area contributed by atoms with Crippen molar-refractivity contribution in [1.29, 1.82) is 0 Å². The highest BCUT2D eigenvalue weighted by Gasteiger charge is 2.27. The fourth-order valence-corrected chi connectivity index (χ4v) is 3.16. The number of rotatable bonds is 4. The van der Waals surface area contributed by atoms with Crippen molar-refractivity contribution in [2.45, 2.75) is 53.1 Å². The Balaban J connectivity index is 2.15. The van der Waals surface area contributed by atoms with Crippen LogP contribution >= 0.6 is 0 Å². The SMILES string of the molecule is CC(C)(C)CC(C)(C)NC(=O)Cn1cnc2ccccc2c1=O. The number of nitrogens with zero attached hydrogens (tertiary/aromatic N) is 2. The standard InChI is InChI=1S/C18H25N3O2/c1-17(2,3)11-18(4,5)20-15(22)10-21-12-19-14-9-7-6-8-13(14)16(21)23/h6-9,12H,10-11H2,1-5H3,(H,20,22). The van der Waals surface area contributed by atoms with Gasteiger partial charge < -0.3 is 5.32 Å². The Kier molecular flexibility index (Phi) is 4.59. The molecule has 0 aliphatic heterocycles. The number of amides is 1. The molecule has 0 saturated heterocycles. The number of nitrogens with one attached hydrogen (secondary N) is 1. The molecule has 0 aliphatic rings. The van der Waals surface area contributed by atoms with E-state index in [1.165, 1.54) is 10.9 Å². The van der Waals surface area contributed by atoms with Crippen molar-refractivity contribution in [3.05, 3.63) is 40.9 Å². The van der Waals surface area contributed by atoms with E-state index >= 15 is 0 Å². The summed E-state index contributed by atoms with van der Waals surface area (Å²) < 4.78 is 1.35. The Bertz CT molecular complexity index is 770. The van der Waals surface area contributed by atoms with Gasteiger partial charge in [0.15, 0.2) is 0 Å². The molecule has 0 bridgehead atoms. The van der Waals surface area contributed by atoms with Crippen LogP contribution < -0.4 is 10.9 Å². The minimum Gasteiger partial charge on any atom is -0.350 e. The van der Waals surface area contributed by atoms with E-state index in [1.807, 2.05) is 19.9 Å². The van der Waals surface area contributed by atoms with E-state index < -0.39 is 0 Å². The van der Waals surface area contributed by atoms with Crippen LogP contribution in [-0.2, 0) is 11.3 Å². The zero-order chi connectivity index (χ0) is 17.3. The number of para-hydroxylation sites is 1. The molecule has 0 aliphatic carbocycles. The van der Waals surface area contributed by atoms with E-state index in [4.69, 9.17) is 0 Å². The number of carbonyl (C=O) groups excluding carboxylic acids is 1. The molecule has 124 valence electrons. The zero-order valence-corrected chi connectivity index (χ0v) is 14.5. The van der Waals surface area contributed by atoms with E-state index in [-0.39, 0.29) is 29.0 Å². The molecule has 5 nitrogen and oxygen atoms in total. The molecule has 1 heterocycles. The Hall–Kier alpha value is -2.17. The van der Waals surface area contributed by atoms with Gasteiger partial charge in [-0.05, 0) is 37.8 Å². The van der Waals surface area contributed by atoms with Gasteiger partial charge in [-0.3, -0.25) is 14.2 Å². The Morgan fingerprint density at radius 1 is 1.17 bits per heavy atom. The monoisotopic (exact) mass is 315 g/mol. The molecule has 1 aromatic carbocycles. The second-order valence-electron chi connectivity index (χ2n) is 7.86.